The number of H-pyrrole nitrogens is 1. The smallest absolute Gasteiger partial charge is 0.355 e. The fourth-order valence-corrected chi connectivity index (χ4v) is 4.00. The Hall–Kier alpha value is -1.92. The van der Waals surface area contributed by atoms with Crippen LogP contribution < -0.4 is 0 Å². The first-order valence-corrected chi connectivity index (χ1v) is 9.02. The number of thiophene rings is 1. The summed E-state index contributed by atoms with van der Waals surface area (Å²) in [4.78, 5) is 29.1. The number of hydrogen-bond donors (Lipinski definition) is 1. The summed E-state index contributed by atoms with van der Waals surface area (Å²) in [6.45, 7) is 4.87. The molecule has 0 aliphatic heterocycles. The van der Waals surface area contributed by atoms with Crippen LogP contribution in [0.2, 0.25) is 0 Å². The maximum absolute atomic E-state index is 12.6. The minimum absolute atomic E-state index is 0.0942. The summed E-state index contributed by atoms with van der Waals surface area (Å²) in [6.07, 6.45) is 1.24. The van der Waals surface area contributed by atoms with E-state index >= 15 is 0 Å². The summed E-state index contributed by atoms with van der Waals surface area (Å²) in [5.74, 6) is -0.149. The van der Waals surface area contributed by atoms with Crippen molar-refractivity contribution in [1.82, 2.24) is 4.98 Å². The number of hydrogen-bond acceptors (Lipinski definition) is 5. The fourth-order valence-electron chi connectivity index (χ4n) is 3.17. The largest absolute Gasteiger partial charge is 0.459 e. The molecule has 0 bridgehead atoms. The van der Waals surface area contributed by atoms with Crippen LogP contribution in [0.1, 0.15) is 56.2 Å². The van der Waals surface area contributed by atoms with Crippen LogP contribution in [-0.2, 0) is 15.9 Å². The Morgan fingerprint density at radius 2 is 2.21 bits per heavy atom. The van der Waals surface area contributed by atoms with Crippen molar-refractivity contribution in [1.29, 1.82) is 0 Å². The molecule has 0 spiro atoms. The van der Waals surface area contributed by atoms with Gasteiger partial charge in [0.25, 0.3) is 0 Å². The highest BCUT2D eigenvalue weighted by molar-refractivity contribution is 7.10. The van der Waals surface area contributed by atoms with Gasteiger partial charge >= 0.3 is 5.97 Å². The van der Waals surface area contributed by atoms with Crippen molar-refractivity contribution in [2.24, 2.45) is 0 Å². The lowest BCUT2D eigenvalue weighted by Gasteiger charge is -2.20. The number of Topliss-reactive ketones (excluding diaryl/α,β-unsaturated/α-hetero) is 1. The Bertz CT molecular complexity index is 733. The zero-order chi connectivity index (χ0) is 17.1. The Morgan fingerprint density at radius 3 is 2.92 bits per heavy atom. The molecule has 0 saturated heterocycles. The van der Waals surface area contributed by atoms with Gasteiger partial charge < -0.3 is 14.5 Å². The van der Waals surface area contributed by atoms with Gasteiger partial charge in [0.15, 0.2) is 5.78 Å². The minimum atomic E-state index is -0.429. The Labute approximate surface area is 145 Å². The van der Waals surface area contributed by atoms with Crippen LogP contribution in [0.3, 0.4) is 0 Å². The molecule has 24 heavy (non-hydrogen) atoms. The first kappa shape index (κ1) is 16.9. The van der Waals surface area contributed by atoms with Gasteiger partial charge in [0.05, 0.1) is 6.61 Å². The summed E-state index contributed by atoms with van der Waals surface area (Å²) in [6, 6.07) is 4.06. The van der Waals surface area contributed by atoms with Crippen LogP contribution in [0.25, 0.3) is 0 Å². The summed E-state index contributed by atoms with van der Waals surface area (Å²) in [5, 5.41) is 2.02. The van der Waals surface area contributed by atoms with Crippen molar-refractivity contribution >= 4 is 23.1 Å². The lowest BCUT2D eigenvalue weighted by atomic mass is 9.84. The fraction of sp³-hybridized carbons (Fsp3) is 0.444. The van der Waals surface area contributed by atoms with Crippen molar-refractivity contribution in [3.8, 4) is 0 Å². The molecular weight excluding hydrogens is 326 g/mol. The topological polar surface area (TPSA) is 68.4 Å². The van der Waals surface area contributed by atoms with Crippen LogP contribution in [0.15, 0.2) is 17.5 Å². The minimum Gasteiger partial charge on any atom is -0.459 e. The van der Waals surface area contributed by atoms with Crippen LogP contribution in [0, 0.1) is 6.92 Å². The second-order valence-corrected chi connectivity index (χ2v) is 6.83. The zero-order valence-corrected chi connectivity index (χ0v) is 14.7. The summed E-state index contributed by atoms with van der Waals surface area (Å²) < 4.78 is 10.4. The van der Waals surface area contributed by atoms with Gasteiger partial charge in [-0.2, -0.15) is 0 Å². The number of carbonyl (C=O) groups excluding carboxylic acids is 2. The van der Waals surface area contributed by atoms with E-state index in [0.717, 1.165) is 12.1 Å². The molecule has 1 atom stereocenters. The van der Waals surface area contributed by atoms with E-state index in [1.54, 1.807) is 18.3 Å². The standard InChI is InChI=1S/C18H21NO4S/c1-3-22-6-7-23-18(21)17-11(2)16-13(19-17)9-12(10-14(16)20)15-5-4-8-24-15/h4-5,8,12,19H,3,6-7,9-10H2,1-2H3/t12-/m0/s1. The first-order chi connectivity index (χ1) is 11.6. The predicted molar refractivity (Wildman–Crippen MR) is 92.0 cm³/mol. The maximum Gasteiger partial charge on any atom is 0.355 e. The van der Waals surface area contributed by atoms with Crippen molar-refractivity contribution in [3.05, 3.63) is 44.9 Å². The molecule has 2 aromatic heterocycles. The second-order valence-electron chi connectivity index (χ2n) is 5.86. The molecule has 1 aliphatic rings. The number of ether oxygens (including phenoxy) is 2. The van der Waals surface area contributed by atoms with Gasteiger partial charge in [0.1, 0.15) is 12.3 Å². The van der Waals surface area contributed by atoms with Gasteiger partial charge in [-0.1, -0.05) is 6.07 Å². The van der Waals surface area contributed by atoms with Crippen molar-refractivity contribution < 1.29 is 19.1 Å². The molecule has 6 heteroatoms. The molecule has 2 aromatic rings. The van der Waals surface area contributed by atoms with Gasteiger partial charge in [-0.15, -0.1) is 11.3 Å². The average Bonchev–Trinajstić information content (AvgIpc) is 3.20. The van der Waals surface area contributed by atoms with Gasteiger partial charge in [-0.3, -0.25) is 4.79 Å². The molecular formula is C18H21NO4S. The molecule has 0 unspecified atom stereocenters. The summed E-state index contributed by atoms with van der Waals surface area (Å²) in [7, 11) is 0. The maximum atomic E-state index is 12.6. The first-order valence-electron chi connectivity index (χ1n) is 8.14. The molecule has 5 nitrogen and oxygen atoms in total. The molecule has 3 rings (SSSR count). The van der Waals surface area contributed by atoms with E-state index in [9.17, 15) is 9.59 Å². The average molecular weight is 347 g/mol. The quantitative estimate of drug-likeness (QED) is 0.641. The Balaban J connectivity index is 1.77. The van der Waals surface area contributed by atoms with Crippen LogP contribution in [0.5, 0.6) is 0 Å². The number of rotatable bonds is 6. The number of nitrogens with one attached hydrogen (secondary N) is 1. The highest BCUT2D eigenvalue weighted by Crippen LogP contribution is 2.36. The molecule has 2 heterocycles. The number of carbonyl (C=O) groups is 2. The van der Waals surface area contributed by atoms with E-state index in [2.05, 4.69) is 11.1 Å². The van der Waals surface area contributed by atoms with Crippen LogP contribution >= 0.6 is 11.3 Å². The van der Waals surface area contributed by atoms with Crippen molar-refractivity contribution in [3.63, 3.8) is 0 Å². The highest BCUT2D eigenvalue weighted by Gasteiger charge is 2.32. The predicted octanol–water partition coefficient (Wildman–Crippen LogP) is 3.49. The normalized spacial score (nSPS) is 16.9. The molecule has 1 N–H and O–H groups in total. The zero-order valence-electron chi connectivity index (χ0n) is 13.9. The van der Waals surface area contributed by atoms with Crippen LogP contribution in [-0.4, -0.2) is 36.6 Å². The molecule has 0 saturated carbocycles. The third kappa shape index (κ3) is 3.30. The van der Waals surface area contributed by atoms with E-state index in [1.165, 1.54) is 4.88 Å². The number of ketones is 1. The number of aromatic nitrogens is 1. The van der Waals surface area contributed by atoms with Gasteiger partial charge in [0.2, 0.25) is 0 Å². The Morgan fingerprint density at radius 1 is 1.38 bits per heavy atom. The van der Waals surface area contributed by atoms with Gasteiger partial charge in [0, 0.05) is 35.1 Å². The lowest BCUT2D eigenvalue weighted by Crippen LogP contribution is -2.17. The van der Waals surface area contributed by atoms with Gasteiger partial charge in [-0.05, 0) is 37.3 Å². The number of fused-ring (bicyclic) bond motifs is 1. The van der Waals surface area contributed by atoms with E-state index in [0.29, 0.717) is 36.5 Å². The van der Waals surface area contributed by atoms with Crippen molar-refractivity contribution in [2.75, 3.05) is 19.8 Å². The molecule has 0 amide bonds. The van der Waals surface area contributed by atoms with E-state index in [-0.39, 0.29) is 18.3 Å². The third-order valence-electron chi connectivity index (χ3n) is 4.30. The number of esters is 1. The molecule has 0 fully saturated rings. The second kappa shape index (κ2) is 7.32. The number of aromatic amines is 1. The van der Waals surface area contributed by atoms with E-state index < -0.39 is 5.97 Å². The monoisotopic (exact) mass is 347 g/mol. The van der Waals surface area contributed by atoms with E-state index in [1.807, 2.05) is 18.4 Å². The SMILES string of the molecule is CCOCCOC(=O)c1[nH]c2c(c1C)C(=O)C[C@@H](c1cccs1)C2. The Kier molecular flexibility index (Phi) is 5.16. The van der Waals surface area contributed by atoms with Gasteiger partial charge in [-0.25, -0.2) is 4.79 Å². The molecule has 0 aromatic carbocycles. The van der Waals surface area contributed by atoms with Crippen LogP contribution in [0.4, 0.5) is 0 Å². The summed E-state index contributed by atoms with van der Waals surface area (Å²) >= 11 is 1.67. The summed E-state index contributed by atoms with van der Waals surface area (Å²) in [5.41, 5.74) is 2.59. The molecule has 1 aliphatic carbocycles. The molecule has 128 valence electrons. The van der Waals surface area contributed by atoms with Crippen molar-refractivity contribution in [2.45, 2.75) is 32.6 Å². The third-order valence-corrected chi connectivity index (χ3v) is 5.34. The molecule has 0 radical (unpaired) electrons. The lowest BCUT2D eigenvalue weighted by molar-refractivity contribution is 0.0329. The highest BCUT2D eigenvalue weighted by atomic mass is 32.1. The van der Waals surface area contributed by atoms with E-state index in [4.69, 9.17) is 9.47 Å².